The topological polar surface area (TPSA) is 199 Å². The summed E-state index contributed by atoms with van der Waals surface area (Å²) in [4.78, 5) is 53.6. The molecule has 0 saturated carbocycles. The zero-order valence-electron chi connectivity index (χ0n) is 33.0. The zero-order valence-corrected chi connectivity index (χ0v) is 33.0. The van der Waals surface area contributed by atoms with Gasteiger partial charge in [-0.05, 0) is 64.0 Å². The number of carbonyl (C=O) groups excluding carboxylic acids is 4. The molecule has 0 spiro atoms. The van der Waals surface area contributed by atoms with Crippen molar-refractivity contribution in [1.29, 1.82) is 0 Å². The Kier molecular flexibility index (Phi) is 15.0. The molecule has 1 aliphatic carbocycles. The molecule has 1 saturated heterocycles. The van der Waals surface area contributed by atoms with E-state index in [9.17, 15) is 29.4 Å². The highest BCUT2D eigenvalue weighted by Gasteiger charge is 2.55. The van der Waals surface area contributed by atoms with Crippen molar-refractivity contribution in [1.82, 2.24) is 10.6 Å². The minimum absolute atomic E-state index is 0.0531. The Morgan fingerprint density at radius 3 is 2.21 bits per heavy atom. The molecule has 0 radical (unpaired) electrons. The largest absolute Gasteiger partial charge is 0.499 e. The summed E-state index contributed by atoms with van der Waals surface area (Å²) in [6.45, 7) is 5.98. The zero-order chi connectivity index (χ0) is 41.9. The molecular weight excluding hydrogens is 748 g/mol. The smallest absolute Gasteiger partial charge is 0.338 e. The fourth-order valence-corrected chi connectivity index (χ4v) is 6.64. The van der Waals surface area contributed by atoms with Gasteiger partial charge in [-0.25, -0.2) is 4.79 Å². The van der Waals surface area contributed by atoms with Crippen LogP contribution in [0.15, 0.2) is 103 Å². The Hall–Kier alpha value is -5.38. The average Bonchev–Trinajstić information content (AvgIpc) is 3.61. The first-order chi connectivity index (χ1) is 27.7. The second-order valence-corrected chi connectivity index (χ2v) is 15.1. The third-order valence-corrected chi connectivity index (χ3v) is 9.36. The number of esters is 2. The van der Waals surface area contributed by atoms with Crippen LogP contribution in [0.5, 0.6) is 0 Å². The number of nitrogens with one attached hydrogen (secondary N) is 2. The summed E-state index contributed by atoms with van der Waals surface area (Å²) >= 11 is 0. The predicted molar refractivity (Wildman–Crippen MR) is 212 cm³/mol. The number of carbonyl (C=O) groups is 4. The van der Waals surface area contributed by atoms with Crippen LogP contribution in [0.1, 0.15) is 74.0 Å². The first-order valence-electron chi connectivity index (χ1n) is 19.2. The second kappa shape index (κ2) is 19.9. The Bertz CT molecular complexity index is 1890. The maximum absolute atomic E-state index is 14.1. The van der Waals surface area contributed by atoms with Crippen LogP contribution >= 0.6 is 0 Å². The van der Waals surface area contributed by atoms with Crippen LogP contribution < -0.4 is 10.6 Å². The number of amides is 2. The van der Waals surface area contributed by atoms with Crippen LogP contribution in [-0.4, -0.2) is 101 Å². The molecule has 1 fully saturated rings. The fraction of sp³-hybridized carbons (Fsp3) is 0.409. The predicted octanol–water partition coefficient (Wildman–Crippen LogP) is 3.67. The number of hydrogen-bond acceptors (Lipinski definition) is 12. The number of ether oxygens (including phenoxy) is 5. The third kappa shape index (κ3) is 11.4. The van der Waals surface area contributed by atoms with E-state index >= 15 is 0 Å². The SMILES string of the molecule is C[C@H](O)[C@@H](NC(=O)C1=C[C@H]2OC(c3ccccc3)(c3ccccc3)O[C@H]2[C@H](OC(=O)c2cccc(C=COCCO)c2)C1)C(=O)N[C@H](CO)CCC(=O)OC(C)(C)C. The van der Waals surface area contributed by atoms with Crippen molar-refractivity contribution < 1.29 is 58.2 Å². The molecule has 0 unspecified atom stereocenters. The number of aliphatic hydroxyl groups excluding tert-OH is 3. The van der Waals surface area contributed by atoms with Crippen LogP contribution in [-0.2, 0) is 43.9 Å². The lowest BCUT2D eigenvalue weighted by Gasteiger charge is -2.32. The first-order valence-corrected chi connectivity index (χ1v) is 19.2. The maximum atomic E-state index is 14.1. The van der Waals surface area contributed by atoms with E-state index in [0.29, 0.717) is 16.7 Å². The summed E-state index contributed by atoms with van der Waals surface area (Å²) in [6.07, 6.45) is 0.210. The molecule has 0 aromatic heterocycles. The first kappa shape index (κ1) is 43.7. The molecule has 2 aliphatic rings. The minimum Gasteiger partial charge on any atom is -0.499 e. The molecule has 0 bridgehead atoms. The molecule has 58 heavy (non-hydrogen) atoms. The van der Waals surface area contributed by atoms with Gasteiger partial charge in [0.05, 0.1) is 37.2 Å². The van der Waals surface area contributed by atoms with Crippen LogP contribution in [0.25, 0.3) is 6.08 Å². The summed E-state index contributed by atoms with van der Waals surface area (Å²) in [6, 6.07) is 22.8. The van der Waals surface area contributed by atoms with E-state index in [1.165, 1.54) is 13.2 Å². The Balaban J connectivity index is 1.41. The summed E-state index contributed by atoms with van der Waals surface area (Å²) in [5, 5.41) is 34.8. The molecule has 310 valence electrons. The van der Waals surface area contributed by atoms with Gasteiger partial charge in [-0.1, -0.05) is 72.8 Å². The van der Waals surface area contributed by atoms with Crippen LogP contribution in [0.4, 0.5) is 0 Å². The lowest BCUT2D eigenvalue weighted by atomic mass is 9.91. The molecule has 3 aromatic rings. The quantitative estimate of drug-likeness (QED) is 0.0756. The van der Waals surface area contributed by atoms with Gasteiger partial charge in [0.25, 0.3) is 0 Å². The standard InChI is InChI=1S/C44H52N2O12/c1-28(49)38(41(52)45-34(27-48)18-19-37(50)57-43(2,3)4)46-40(51)31-25-35(55-42(53)30-13-11-12-29(24-30)20-22-54-23-21-47)39-36(26-31)56-44(58-39,32-14-7-5-8-15-32)33-16-9-6-10-17-33/h5-17,20,22,24,26,28,34-36,38-39,47-49H,18-19,21,23,25,27H2,1-4H3,(H,45,52)(H,46,51)/t28-,34-,35+,36+,38+,39-/m0/s1. The number of fused-ring (bicyclic) bond motifs is 1. The van der Waals surface area contributed by atoms with Gasteiger partial charge in [-0.2, -0.15) is 0 Å². The van der Waals surface area contributed by atoms with Crippen molar-refractivity contribution in [3.8, 4) is 0 Å². The monoisotopic (exact) mass is 800 g/mol. The van der Waals surface area contributed by atoms with E-state index in [1.807, 2.05) is 60.7 Å². The highest BCUT2D eigenvalue weighted by molar-refractivity contribution is 5.98. The normalized spacial score (nSPS) is 20.2. The molecule has 5 rings (SSSR count). The Labute approximate surface area is 337 Å². The van der Waals surface area contributed by atoms with Crippen LogP contribution in [0.3, 0.4) is 0 Å². The molecule has 14 heteroatoms. The molecule has 5 N–H and O–H groups in total. The summed E-state index contributed by atoms with van der Waals surface area (Å²) in [5.74, 6) is -4.17. The molecular formula is C44H52N2O12. The molecule has 1 heterocycles. The summed E-state index contributed by atoms with van der Waals surface area (Å²) < 4.78 is 30.2. The Morgan fingerprint density at radius 1 is 0.931 bits per heavy atom. The maximum Gasteiger partial charge on any atom is 0.338 e. The van der Waals surface area contributed by atoms with E-state index in [0.717, 1.165) is 0 Å². The average molecular weight is 801 g/mol. The van der Waals surface area contributed by atoms with Gasteiger partial charge >= 0.3 is 11.9 Å². The van der Waals surface area contributed by atoms with Crippen molar-refractivity contribution in [2.45, 2.75) is 94.8 Å². The fourth-order valence-electron chi connectivity index (χ4n) is 6.64. The summed E-state index contributed by atoms with van der Waals surface area (Å²) in [5.41, 5.74) is 1.59. The number of rotatable bonds is 17. The highest BCUT2D eigenvalue weighted by atomic mass is 16.8. The van der Waals surface area contributed by atoms with Gasteiger partial charge in [-0.3, -0.25) is 14.4 Å². The van der Waals surface area contributed by atoms with Gasteiger partial charge in [0, 0.05) is 29.5 Å². The van der Waals surface area contributed by atoms with E-state index in [-0.39, 0.29) is 43.6 Å². The van der Waals surface area contributed by atoms with Crippen molar-refractivity contribution in [2.75, 3.05) is 19.8 Å². The third-order valence-electron chi connectivity index (χ3n) is 9.36. The number of hydrogen-bond donors (Lipinski definition) is 5. The number of aliphatic hydroxyl groups is 3. The van der Waals surface area contributed by atoms with Gasteiger partial charge < -0.3 is 49.6 Å². The Morgan fingerprint density at radius 2 is 1.60 bits per heavy atom. The second-order valence-electron chi connectivity index (χ2n) is 15.1. The highest BCUT2D eigenvalue weighted by Crippen LogP contribution is 2.47. The van der Waals surface area contributed by atoms with Gasteiger partial charge in [0.2, 0.25) is 17.6 Å². The molecule has 14 nitrogen and oxygen atoms in total. The van der Waals surface area contributed by atoms with E-state index < -0.39 is 78.2 Å². The van der Waals surface area contributed by atoms with E-state index in [2.05, 4.69) is 10.6 Å². The van der Waals surface area contributed by atoms with Gasteiger partial charge in [0.15, 0.2) is 0 Å². The molecule has 2 amide bonds. The van der Waals surface area contributed by atoms with Crippen LogP contribution in [0.2, 0.25) is 0 Å². The minimum atomic E-state index is -1.46. The number of benzene rings is 3. The van der Waals surface area contributed by atoms with Gasteiger partial charge in [0.1, 0.15) is 36.6 Å². The lowest BCUT2D eigenvalue weighted by Crippen LogP contribution is -2.55. The van der Waals surface area contributed by atoms with Crippen molar-refractivity contribution in [3.05, 3.63) is 125 Å². The van der Waals surface area contributed by atoms with Crippen molar-refractivity contribution >= 4 is 29.8 Å². The lowest BCUT2D eigenvalue weighted by molar-refractivity contribution is -0.157. The molecule has 1 aliphatic heterocycles. The van der Waals surface area contributed by atoms with Crippen molar-refractivity contribution in [3.63, 3.8) is 0 Å². The van der Waals surface area contributed by atoms with E-state index in [1.54, 1.807) is 57.2 Å². The molecule has 6 atom stereocenters. The van der Waals surface area contributed by atoms with Gasteiger partial charge in [-0.15, -0.1) is 0 Å². The summed E-state index contributed by atoms with van der Waals surface area (Å²) in [7, 11) is 0. The van der Waals surface area contributed by atoms with Crippen LogP contribution in [0, 0.1) is 0 Å². The van der Waals surface area contributed by atoms with E-state index in [4.69, 9.17) is 28.8 Å². The van der Waals surface area contributed by atoms with Crippen molar-refractivity contribution in [2.24, 2.45) is 0 Å². The molecule has 3 aromatic carbocycles.